The Morgan fingerprint density at radius 2 is 1.75 bits per heavy atom. The van der Waals surface area contributed by atoms with Crippen LogP contribution in [0.2, 0.25) is 5.02 Å². The second-order valence-corrected chi connectivity index (χ2v) is 10.9. The Morgan fingerprint density at radius 1 is 1.03 bits per heavy atom. The van der Waals surface area contributed by atoms with E-state index in [2.05, 4.69) is 10.6 Å². The first-order chi connectivity index (χ1) is 17.3. The van der Waals surface area contributed by atoms with Crippen molar-refractivity contribution in [3.8, 4) is 0 Å². The van der Waals surface area contributed by atoms with Gasteiger partial charge in [0.2, 0.25) is 5.78 Å². The van der Waals surface area contributed by atoms with Crippen molar-refractivity contribution in [1.29, 1.82) is 0 Å². The molecule has 3 heterocycles. The fraction of sp³-hybridized carbons (Fsp3) is 0.0400. The van der Waals surface area contributed by atoms with Crippen molar-refractivity contribution in [1.82, 2.24) is 0 Å². The van der Waals surface area contributed by atoms with Crippen molar-refractivity contribution in [2.75, 3.05) is 14.9 Å². The minimum Gasteiger partial charge on any atom is -0.459 e. The van der Waals surface area contributed by atoms with E-state index in [0.717, 1.165) is 5.56 Å². The number of hydrogen-bond acceptors (Lipinski definition) is 7. The number of halogens is 1. The van der Waals surface area contributed by atoms with Gasteiger partial charge in [-0.3, -0.25) is 13.9 Å². The first-order valence-corrected chi connectivity index (χ1v) is 13.3. The molecule has 1 aliphatic rings. The van der Waals surface area contributed by atoms with E-state index in [0.29, 0.717) is 27.0 Å². The van der Waals surface area contributed by atoms with Crippen LogP contribution in [0.1, 0.15) is 25.8 Å². The van der Waals surface area contributed by atoms with Crippen molar-refractivity contribution in [2.24, 2.45) is 0 Å². The van der Waals surface area contributed by atoms with Gasteiger partial charge in [0.05, 0.1) is 18.5 Å². The predicted molar refractivity (Wildman–Crippen MR) is 140 cm³/mol. The number of nitrogens with one attached hydrogen (secondary N) is 2. The summed E-state index contributed by atoms with van der Waals surface area (Å²) in [5.74, 6) is -0.782. The molecule has 0 bridgehead atoms. The van der Waals surface area contributed by atoms with E-state index in [1.807, 2.05) is 0 Å². The van der Waals surface area contributed by atoms with Gasteiger partial charge in [-0.25, -0.2) is 8.42 Å². The SMILES string of the molecule is O=C(Nc1ccc(N/C=C2/C(=O)c3sccc3N(Cc3ccc(Cl)cc3)S2(=O)=O)cc1)c1ccco1. The highest BCUT2D eigenvalue weighted by Gasteiger charge is 2.41. The summed E-state index contributed by atoms with van der Waals surface area (Å²) in [6, 6.07) is 18.2. The van der Waals surface area contributed by atoms with Crippen molar-refractivity contribution < 1.29 is 22.4 Å². The van der Waals surface area contributed by atoms with Crippen LogP contribution in [0.5, 0.6) is 0 Å². The molecule has 2 aromatic carbocycles. The third-order valence-electron chi connectivity index (χ3n) is 5.41. The molecule has 5 rings (SSSR count). The van der Waals surface area contributed by atoms with Gasteiger partial charge < -0.3 is 15.1 Å². The molecule has 11 heteroatoms. The molecule has 2 N–H and O–H groups in total. The summed E-state index contributed by atoms with van der Waals surface area (Å²) in [7, 11) is -4.14. The number of sulfonamides is 1. The molecule has 182 valence electrons. The number of rotatable bonds is 6. The highest BCUT2D eigenvalue weighted by Crippen LogP contribution is 2.39. The van der Waals surface area contributed by atoms with Crippen LogP contribution < -0.4 is 14.9 Å². The van der Waals surface area contributed by atoms with Gasteiger partial charge in [0, 0.05) is 22.6 Å². The Balaban J connectivity index is 1.38. The Morgan fingerprint density at radius 3 is 2.44 bits per heavy atom. The fourth-order valence-corrected chi connectivity index (χ4v) is 6.22. The lowest BCUT2D eigenvalue weighted by atomic mass is 10.2. The number of ketones is 1. The van der Waals surface area contributed by atoms with Crippen LogP contribution in [0.4, 0.5) is 17.1 Å². The standard InChI is InChI=1S/C25H18ClN3O5S2/c26-17-5-3-16(4-6-17)15-29-20-11-13-35-24(20)23(30)22(36(29,32)33)14-27-18-7-9-19(10-8-18)28-25(31)21-2-1-12-34-21/h1-14,27H,15H2,(H,28,31)/b22-14-. The van der Waals surface area contributed by atoms with Crippen LogP contribution in [0.3, 0.4) is 0 Å². The second kappa shape index (κ2) is 9.65. The summed E-state index contributed by atoms with van der Waals surface area (Å²) in [6.07, 6.45) is 2.61. The number of nitrogens with zero attached hydrogens (tertiary/aromatic N) is 1. The molecule has 0 atom stereocenters. The van der Waals surface area contributed by atoms with E-state index in [9.17, 15) is 18.0 Å². The van der Waals surface area contributed by atoms with Gasteiger partial charge >= 0.3 is 0 Å². The lowest BCUT2D eigenvalue weighted by Gasteiger charge is -2.29. The molecule has 2 aromatic heterocycles. The van der Waals surface area contributed by atoms with E-state index < -0.39 is 21.7 Å². The molecule has 0 saturated heterocycles. The Kier molecular flexibility index (Phi) is 6.40. The maximum Gasteiger partial charge on any atom is 0.291 e. The van der Waals surface area contributed by atoms with Gasteiger partial charge in [-0.2, -0.15) is 0 Å². The molecule has 0 fully saturated rings. The lowest BCUT2D eigenvalue weighted by molar-refractivity contribution is 0.0995. The van der Waals surface area contributed by atoms with E-state index >= 15 is 0 Å². The van der Waals surface area contributed by atoms with Crippen LogP contribution in [0.15, 0.2) is 93.9 Å². The quantitative estimate of drug-likeness (QED) is 0.303. The molecule has 1 aliphatic heterocycles. The normalized spacial score (nSPS) is 15.5. The molecule has 36 heavy (non-hydrogen) atoms. The van der Waals surface area contributed by atoms with E-state index in [-0.39, 0.29) is 17.2 Å². The zero-order valence-corrected chi connectivity index (χ0v) is 20.9. The highest BCUT2D eigenvalue weighted by atomic mass is 35.5. The Hall–Kier alpha value is -3.86. The molecular weight excluding hydrogens is 522 g/mol. The van der Waals surface area contributed by atoms with E-state index in [1.165, 1.54) is 28.1 Å². The van der Waals surface area contributed by atoms with Gasteiger partial charge in [0.1, 0.15) is 4.88 Å². The average molecular weight is 540 g/mol. The van der Waals surface area contributed by atoms with Crippen molar-refractivity contribution in [3.05, 3.63) is 111 Å². The number of Topliss-reactive ketones (excluding diaryl/α,β-unsaturated/α-hetero) is 1. The number of amides is 1. The summed E-state index contributed by atoms with van der Waals surface area (Å²) >= 11 is 7.15. The Labute approximate surface area is 215 Å². The van der Waals surface area contributed by atoms with Gasteiger partial charge in [0.25, 0.3) is 15.9 Å². The minimum absolute atomic E-state index is 0.0535. The van der Waals surface area contributed by atoms with Crippen LogP contribution in [-0.4, -0.2) is 20.1 Å². The number of hydrogen-bond donors (Lipinski definition) is 2. The number of anilines is 3. The first-order valence-electron chi connectivity index (χ1n) is 10.6. The smallest absolute Gasteiger partial charge is 0.291 e. The topological polar surface area (TPSA) is 109 Å². The third-order valence-corrected chi connectivity index (χ3v) is 8.33. The fourth-order valence-electron chi connectivity index (χ4n) is 3.61. The lowest BCUT2D eigenvalue weighted by Crippen LogP contribution is -2.38. The van der Waals surface area contributed by atoms with Crippen LogP contribution >= 0.6 is 22.9 Å². The minimum atomic E-state index is -4.14. The number of benzene rings is 2. The van der Waals surface area contributed by atoms with Crippen molar-refractivity contribution in [3.63, 3.8) is 0 Å². The molecule has 0 unspecified atom stereocenters. The van der Waals surface area contributed by atoms with Gasteiger partial charge in [-0.15, -0.1) is 11.3 Å². The number of allylic oxidation sites excluding steroid dienone is 1. The molecule has 0 radical (unpaired) electrons. The van der Waals surface area contributed by atoms with Crippen LogP contribution in [0, 0.1) is 0 Å². The zero-order valence-electron chi connectivity index (χ0n) is 18.5. The number of fused-ring (bicyclic) bond motifs is 1. The zero-order chi connectivity index (χ0) is 25.3. The van der Waals surface area contributed by atoms with Gasteiger partial charge in [0.15, 0.2) is 10.7 Å². The number of thiophene rings is 1. The maximum atomic E-state index is 13.5. The predicted octanol–water partition coefficient (Wildman–Crippen LogP) is 5.73. The molecule has 1 amide bonds. The summed E-state index contributed by atoms with van der Waals surface area (Å²) < 4.78 is 33.3. The molecule has 0 spiro atoms. The molecule has 8 nitrogen and oxygen atoms in total. The van der Waals surface area contributed by atoms with E-state index in [1.54, 1.807) is 72.1 Å². The monoisotopic (exact) mass is 539 g/mol. The second-order valence-electron chi connectivity index (χ2n) is 7.76. The number of carbonyl (C=O) groups excluding carboxylic acids is 2. The molecule has 0 saturated carbocycles. The van der Waals surface area contributed by atoms with Gasteiger partial charge in [-0.1, -0.05) is 23.7 Å². The van der Waals surface area contributed by atoms with Crippen LogP contribution in [0.25, 0.3) is 0 Å². The molecule has 4 aromatic rings. The summed E-state index contributed by atoms with van der Waals surface area (Å²) in [5, 5.41) is 7.83. The van der Waals surface area contributed by atoms with Crippen LogP contribution in [-0.2, 0) is 16.6 Å². The van der Waals surface area contributed by atoms with Crippen molar-refractivity contribution >= 4 is 61.7 Å². The largest absolute Gasteiger partial charge is 0.459 e. The third kappa shape index (κ3) is 4.66. The molecular formula is C25H18ClN3O5S2. The van der Waals surface area contributed by atoms with Gasteiger partial charge in [-0.05, 0) is 65.5 Å². The summed E-state index contributed by atoms with van der Waals surface area (Å²) in [5.41, 5.74) is 2.14. The first kappa shape index (κ1) is 23.9. The number of furan rings is 1. The Bertz CT molecular complexity index is 1560. The maximum absolute atomic E-state index is 13.5. The summed E-state index contributed by atoms with van der Waals surface area (Å²) in [6.45, 7) is 0.0535. The summed E-state index contributed by atoms with van der Waals surface area (Å²) in [4.78, 5) is 25.2. The highest BCUT2D eigenvalue weighted by molar-refractivity contribution is 7.97. The number of carbonyl (C=O) groups is 2. The molecule has 0 aliphatic carbocycles. The van der Waals surface area contributed by atoms with E-state index in [4.69, 9.17) is 16.0 Å². The average Bonchev–Trinajstić information content (AvgIpc) is 3.57. The van der Waals surface area contributed by atoms with Crippen molar-refractivity contribution in [2.45, 2.75) is 6.54 Å².